The van der Waals surface area contributed by atoms with Gasteiger partial charge in [-0.05, 0) is 31.4 Å². The van der Waals surface area contributed by atoms with Crippen LogP contribution in [0.15, 0.2) is 24.3 Å². The van der Waals surface area contributed by atoms with E-state index in [-0.39, 0.29) is 17.0 Å². The summed E-state index contributed by atoms with van der Waals surface area (Å²) in [4.78, 5) is 0. The summed E-state index contributed by atoms with van der Waals surface area (Å²) in [6, 6.07) is 8.07. The fourth-order valence-corrected chi connectivity index (χ4v) is 1.35. The average molecular weight is 293 g/mol. The van der Waals surface area contributed by atoms with E-state index in [0.717, 1.165) is 31.8 Å². The van der Waals surface area contributed by atoms with E-state index in [0.29, 0.717) is 0 Å². The Balaban J connectivity index is 0.00000196. The van der Waals surface area contributed by atoms with Gasteiger partial charge >= 0.3 is 0 Å². The number of halogens is 1. The van der Waals surface area contributed by atoms with Crippen molar-refractivity contribution in [3.63, 3.8) is 0 Å². The maximum atomic E-state index is 5.62. The summed E-state index contributed by atoms with van der Waals surface area (Å²) in [5.41, 5.74) is 1.19. The molecule has 0 saturated heterocycles. The number of ether oxygens (including phenoxy) is 1. The van der Waals surface area contributed by atoms with Gasteiger partial charge in [0.05, 0.1) is 13.2 Å². The van der Waals surface area contributed by atoms with Crippen LogP contribution in [0, 0.1) is 6.92 Å². The molecular formula is C11H18BrO2P. The number of benzene rings is 1. The molecule has 1 aromatic rings. The lowest BCUT2D eigenvalue weighted by Crippen LogP contribution is -1.99. The second-order valence-electron chi connectivity index (χ2n) is 3.19. The SMILES string of the molecule is Br.Cc1ccccc1OCCCCOP. The van der Waals surface area contributed by atoms with Crippen LogP contribution in [0.1, 0.15) is 18.4 Å². The van der Waals surface area contributed by atoms with Crippen molar-refractivity contribution in [1.82, 2.24) is 0 Å². The van der Waals surface area contributed by atoms with Gasteiger partial charge in [-0.15, -0.1) is 17.0 Å². The van der Waals surface area contributed by atoms with Gasteiger partial charge < -0.3 is 9.26 Å². The lowest BCUT2D eigenvalue weighted by atomic mass is 10.2. The minimum absolute atomic E-state index is 0. The van der Waals surface area contributed by atoms with Gasteiger partial charge in [0.15, 0.2) is 0 Å². The Labute approximate surface area is 104 Å². The highest BCUT2D eigenvalue weighted by Crippen LogP contribution is 2.16. The van der Waals surface area contributed by atoms with Gasteiger partial charge in [-0.2, -0.15) is 0 Å². The average Bonchev–Trinajstić information content (AvgIpc) is 2.20. The van der Waals surface area contributed by atoms with Gasteiger partial charge in [-0.25, -0.2) is 0 Å². The predicted octanol–water partition coefficient (Wildman–Crippen LogP) is 3.54. The van der Waals surface area contributed by atoms with Gasteiger partial charge in [0.1, 0.15) is 5.75 Å². The summed E-state index contributed by atoms with van der Waals surface area (Å²) in [5, 5.41) is 0. The summed E-state index contributed by atoms with van der Waals surface area (Å²) < 4.78 is 10.5. The van der Waals surface area contributed by atoms with Crippen LogP contribution in [0.3, 0.4) is 0 Å². The van der Waals surface area contributed by atoms with Gasteiger partial charge in [0, 0.05) is 9.47 Å². The highest BCUT2D eigenvalue weighted by atomic mass is 79.9. The molecule has 0 saturated carbocycles. The number of hydrogen-bond donors (Lipinski definition) is 0. The predicted molar refractivity (Wildman–Crippen MR) is 71.9 cm³/mol. The molecule has 86 valence electrons. The van der Waals surface area contributed by atoms with Crippen molar-refractivity contribution in [2.45, 2.75) is 19.8 Å². The number of unbranched alkanes of at least 4 members (excludes halogenated alkanes) is 1. The number of para-hydroxylation sites is 1. The Morgan fingerprint density at radius 2 is 1.80 bits per heavy atom. The molecule has 4 heteroatoms. The van der Waals surface area contributed by atoms with Crippen LogP contribution in [-0.2, 0) is 4.52 Å². The number of aryl methyl sites for hydroxylation is 1. The van der Waals surface area contributed by atoms with E-state index in [1.807, 2.05) is 18.2 Å². The Hall–Kier alpha value is -0.110. The lowest BCUT2D eigenvalue weighted by Gasteiger charge is -2.07. The highest BCUT2D eigenvalue weighted by molar-refractivity contribution is 8.93. The quantitative estimate of drug-likeness (QED) is 0.590. The second kappa shape index (κ2) is 9.14. The first kappa shape index (κ1) is 14.9. The van der Waals surface area contributed by atoms with Crippen LogP contribution in [-0.4, -0.2) is 13.2 Å². The molecule has 0 amide bonds. The molecule has 0 N–H and O–H groups in total. The Morgan fingerprint density at radius 3 is 2.47 bits per heavy atom. The van der Waals surface area contributed by atoms with E-state index < -0.39 is 0 Å². The van der Waals surface area contributed by atoms with E-state index in [2.05, 4.69) is 22.5 Å². The van der Waals surface area contributed by atoms with Crippen molar-refractivity contribution in [1.29, 1.82) is 0 Å². The first-order chi connectivity index (χ1) is 6.84. The smallest absolute Gasteiger partial charge is 0.122 e. The molecule has 15 heavy (non-hydrogen) atoms. The van der Waals surface area contributed by atoms with E-state index in [4.69, 9.17) is 9.26 Å². The zero-order chi connectivity index (χ0) is 10.2. The van der Waals surface area contributed by atoms with Crippen molar-refractivity contribution in [2.24, 2.45) is 0 Å². The van der Waals surface area contributed by atoms with Crippen molar-refractivity contribution in [2.75, 3.05) is 13.2 Å². The zero-order valence-corrected chi connectivity index (χ0v) is 11.8. The third-order valence-corrected chi connectivity index (χ3v) is 2.24. The summed E-state index contributed by atoms with van der Waals surface area (Å²) in [6.45, 7) is 3.60. The fraction of sp³-hybridized carbons (Fsp3) is 0.455. The number of hydrogen-bond acceptors (Lipinski definition) is 2. The van der Waals surface area contributed by atoms with Crippen molar-refractivity contribution in [3.8, 4) is 5.75 Å². The van der Waals surface area contributed by atoms with E-state index >= 15 is 0 Å². The third-order valence-electron chi connectivity index (χ3n) is 2.01. The lowest BCUT2D eigenvalue weighted by molar-refractivity contribution is 0.281. The molecule has 0 aliphatic carbocycles. The van der Waals surface area contributed by atoms with Crippen molar-refractivity contribution >= 4 is 26.4 Å². The zero-order valence-electron chi connectivity index (χ0n) is 8.94. The van der Waals surface area contributed by atoms with Gasteiger partial charge in [0.2, 0.25) is 0 Å². The first-order valence-corrected chi connectivity index (χ1v) is 5.32. The van der Waals surface area contributed by atoms with Crippen molar-refractivity contribution < 1.29 is 9.26 Å². The summed E-state index contributed by atoms with van der Waals surface area (Å²) in [7, 11) is 2.25. The molecule has 0 radical (unpaired) electrons. The van der Waals surface area contributed by atoms with E-state index in [1.54, 1.807) is 0 Å². The molecule has 2 nitrogen and oxygen atoms in total. The molecule has 0 spiro atoms. The van der Waals surface area contributed by atoms with Crippen molar-refractivity contribution in [3.05, 3.63) is 29.8 Å². The van der Waals surface area contributed by atoms with Gasteiger partial charge in [-0.1, -0.05) is 18.2 Å². The summed E-state index contributed by atoms with van der Waals surface area (Å²) >= 11 is 0. The molecule has 1 unspecified atom stereocenters. The minimum Gasteiger partial charge on any atom is -0.493 e. The standard InChI is InChI=1S/C11H17O2P.BrH/c1-10-6-2-3-7-11(10)12-8-4-5-9-13-14;/h2-3,6-7H,4-5,8-9,14H2,1H3;1H. The Kier molecular flexibility index (Phi) is 9.07. The molecule has 0 heterocycles. The first-order valence-electron chi connectivity index (χ1n) is 4.84. The summed E-state index contributed by atoms with van der Waals surface area (Å²) in [5.74, 6) is 0.985. The normalized spacial score (nSPS) is 9.47. The van der Waals surface area contributed by atoms with Crippen LogP contribution in [0.4, 0.5) is 0 Å². The molecule has 0 fully saturated rings. The maximum absolute atomic E-state index is 5.62. The van der Waals surface area contributed by atoms with Gasteiger partial charge in [-0.3, -0.25) is 0 Å². The van der Waals surface area contributed by atoms with E-state index in [1.165, 1.54) is 5.56 Å². The van der Waals surface area contributed by atoms with Crippen LogP contribution < -0.4 is 4.74 Å². The molecule has 1 rings (SSSR count). The Bertz CT molecular complexity index is 269. The van der Waals surface area contributed by atoms with Crippen LogP contribution in [0.25, 0.3) is 0 Å². The minimum atomic E-state index is 0. The molecule has 1 aromatic carbocycles. The van der Waals surface area contributed by atoms with Crippen LogP contribution in [0.5, 0.6) is 5.75 Å². The number of rotatable bonds is 6. The fourth-order valence-electron chi connectivity index (χ4n) is 1.19. The van der Waals surface area contributed by atoms with Gasteiger partial charge in [0.25, 0.3) is 0 Å². The Morgan fingerprint density at radius 1 is 1.13 bits per heavy atom. The molecule has 1 atom stereocenters. The van der Waals surface area contributed by atoms with Crippen LogP contribution in [0.2, 0.25) is 0 Å². The van der Waals surface area contributed by atoms with Crippen LogP contribution >= 0.6 is 26.4 Å². The largest absolute Gasteiger partial charge is 0.493 e. The highest BCUT2D eigenvalue weighted by Gasteiger charge is 1.96. The molecular weight excluding hydrogens is 275 g/mol. The topological polar surface area (TPSA) is 18.5 Å². The summed E-state index contributed by atoms with van der Waals surface area (Å²) in [6.07, 6.45) is 2.07. The third kappa shape index (κ3) is 6.14. The second-order valence-corrected chi connectivity index (χ2v) is 3.53. The molecule has 0 aliphatic heterocycles. The van der Waals surface area contributed by atoms with E-state index in [9.17, 15) is 0 Å². The molecule has 0 bridgehead atoms. The molecule has 0 aromatic heterocycles. The monoisotopic (exact) mass is 292 g/mol. The molecule has 0 aliphatic rings. The maximum Gasteiger partial charge on any atom is 0.122 e.